The summed E-state index contributed by atoms with van der Waals surface area (Å²) in [5.74, 6) is -0.223. The number of benzene rings is 2. The maximum Gasteiger partial charge on any atom is 0.247 e. The van der Waals surface area contributed by atoms with Gasteiger partial charge in [0.15, 0.2) is 0 Å². The highest BCUT2D eigenvalue weighted by molar-refractivity contribution is 7.98. The van der Waals surface area contributed by atoms with Crippen LogP contribution >= 0.6 is 11.8 Å². The van der Waals surface area contributed by atoms with Crippen molar-refractivity contribution in [2.45, 2.75) is 30.8 Å². The molecule has 0 aromatic heterocycles. The first-order valence-electron chi connectivity index (χ1n) is 7.87. The van der Waals surface area contributed by atoms with Gasteiger partial charge in [0.1, 0.15) is 6.04 Å². The van der Waals surface area contributed by atoms with Gasteiger partial charge < -0.3 is 10.2 Å². The highest BCUT2D eigenvalue weighted by Gasteiger charge is 2.32. The molecular weight excluding hydrogens is 320 g/mol. The largest absolute Gasteiger partial charge is 0.326 e. The van der Waals surface area contributed by atoms with E-state index in [1.54, 1.807) is 16.7 Å². The summed E-state index contributed by atoms with van der Waals surface area (Å²) in [7, 11) is 0. The molecule has 1 atom stereocenters. The number of hydrogen-bond donors (Lipinski definition) is 1. The van der Waals surface area contributed by atoms with E-state index in [1.807, 2.05) is 54.8 Å². The second-order valence-corrected chi connectivity index (χ2v) is 6.73. The lowest BCUT2D eigenvalue weighted by atomic mass is 9.93. The van der Waals surface area contributed by atoms with Crippen LogP contribution < -0.4 is 5.32 Å². The Labute approximate surface area is 146 Å². The van der Waals surface area contributed by atoms with E-state index in [1.165, 1.54) is 6.92 Å². The summed E-state index contributed by atoms with van der Waals surface area (Å²) in [5.41, 5.74) is 2.99. The molecule has 2 amide bonds. The van der Waals surface area contributed by atoms with Crippen molar-refractivity contribution in [1.82, 2.24) is 4.90 Å². The van der Waals surface area contributed by atoms with Crippen molar-refractivity contribution in [3.8, 4) is 0 Å². The number of hydrogen-bond acceptors (Lipinski definition) is 3. The van der Waals surface area contributed by atoms with E-state index in [4.69, 9.17) is 0 Å². The molecular formula is C19H20N2O2S. The first-order chi connectivity index (χ1) is 11.6. The minimum atomic E-state index is -0.474. The monoisotopic (exact) mass is 340 g/mol. The molecule has 4 nitrogen and oxygen atoms in total. The second-order valence-electron chi connectivity index (χ2n) is 5.85. The van der Waals surface area contributed by atoms with Gasteiger partial charge in [-0.1, -0.05) is 24.3 Å². The van der Waals surface area contributed by atoms with Crippen LogP contribution in [0.3, 0.4) is 0 Å². The molecule has 0 fully saturated rings. The Morgan fingerprint density at radius 1 is 1.08 bits per heavy atom. The molecule has 0 saturated carbocycles. The Morgan fingerprint density at radius 2 is 1.75 bits per heavy atom. The summed E-state index contributed by atoms with van der Waals surface area (Å²) < 4.78 is 0. The fourth-order valence-corrected chi connectivity index (χ4v) is 3.40. The van der Waals surface area contributed by atoms with Gasteiger partial charge in [0.25, 0.3) is 0 Å². The lowest BCUT2D eigenvalue weighted by Crippen LogP contribution is -2.49. The van der Waals surface area contributed by atoms with Gasteiger partial charge >= 0.3 is 0 Å². The number of anilines is 1. The van der Waals surface area contributed by atoms with Crippen LogP contribution in [0.15, 0.2) is 53.4 Å². The van der Waals surface area contributed by atoms with Crippen LogP contribution in [0.2, 0.25) is 0 Å². The molecule has 0 saturated heterocycles. The molecule has 0 aliphatic carbocycles. The highest BCUT2D eigenvalue weighted by atomic mass is 32.2. The topological polar surface area (TPSA) is 49.4 Å². The lowest BCUT2D eigenvalue weighted by Gasteiger charge is -2.35. The maximum atomic E-state index is 12.7. The molecule has 0 radical (unpaired) electrons. The number of rotatable bonds is 3. The van der Waals surface area contributed by atoms with E-state index < -0.39 is 6.04 Å². The van der Waals surface area contributed by atoms with E-state index >= 15 is 0 Å². The van der Waals surface area contributed by atoms with Gasteiger partial charge in [0.05, 0.1) is 0 Å². The minimum Gasteiger partial charge on any atom is -0.326 e. The molecule has 2 aromatic carbocycles. The van der Waals surface area contributed by atoms with Crippen LogP contribution in [-0.2, 0) is 22.6 Å². The van der Waals surface area contributed by atoms with E-state index in [0.717, 1.165) is 21.7 Å². The molecule has 1 aliphatic heterocycles. The zero-order valence-corrected chi connectivity index (χ0v) is 14.6. The Morgan fingerprint density at radius 3 is 2.38 bits per heavy atom. The van der Waals surface area contributed by atoms with Crippen molar-refractivity contribution >= 4 is 29.3 Å². The lowest BCUT2D eigenvalue weighted by molar-refractivity contribution is -0.138. The number of carbonyl (C=O) groups is 2. The van der Waals surface area contributed by atoms with Crippen LogP contribution in [0, 0.1) is 0 Å². The maximum absolute atomic E-state index is 12.7. The number of fused-ring (bicyclic) bond motifs is 1. The molecule has 0 unspecified atom stereocenters. The molecule has 0 spiro atoms. The summed E-state index contributed by atoms with van der Waals surface area (Å²) in [6.45, 7) is 2.00. The number of thioether (sulfide) groups is 1. The normalized spacial score (nSPS) is 16.4. The van der Waals surface area contributed by atoms with Crippen LogP contribution in [0.25, 0.3) is 0 Å². The van der Waals surface area contributed by atoms with Gasteiger partial charge in [0.2, 0.25) is 11.8 Å². The van der Waals surface area contributed by atoms with E-state index in [9.17, 15) is 9.59 Å². The van der Waals surface area contributed by atoms with Crippen LogP contribution in [0.5, 0.6) is 0 Å². The van der Waals surface area contributed by atoms with Gasteiger partial charge in [-0.2, -0.15) is 0 Å². The average Bonchev–Trinajstić information content (AvgIpc) is 2.61. The molecule has 2 aromatic rings. The Bertz CT molecular complexity index is 758. The van der Waals surface area contributed by atoms with Crippen molar-refractivity contribution in [1.29, 1.82) is 0 Å². The van der Waals surface area contributed by atoms with Crippen LogP contribution in [0.4, 0.5) is 5.69 Å². The van der Waals surface area contributed by atoms with Gasteiger partial charge in [-0.25, -0.2) is 0 Å². The molecule has 5 heteroatoms. The Kier molecular flexibility index (Phi) is 4.90. The fraction of sp³-hybridized carbons (Fsp3) is 0.263. The Balaban J connectivity index is 1.80. The molecule has 124 valence electrons. The third kappa shape index (κ3) is 3.46. The first-order valence-corrected chi connectivity index (χ1v) is 9.10. The Hall–Kier alpha value is -2.27. The van der Waals surface area contributed by atoms with Gasteiger partial charge in [0, 0.05) is 30.5 Å². The highest BCUT2D eigenvalue weighted by Crippen LogP contribution is 2.25. The predicted molar refractivity (Wildman–Crippen MR) is 97.0 cm³/mol. The predicted octanol–water partition coefficient (Wildman–Crippen LogP) is 3.32. The molecule has 1 aliphatic rings. The quantitative estimate of drug-likeness (QED) is 0.872. The number of nitrogens with zero attached hydrogens (tertiary/aromatic N) is 1. The first kappa shape index (κ1) is 16.6. The van der Waals surface area contributed by atoms with Crippen LogP contribution in [-0.4, -0.2) is 29.0 Å². The molecule has 3 rings (SSSR count). The van der Waals surface area contributed by atoms with Crippen molar-refractivity contribution in [3.63, 3.8) is 0 Å². The van der Waals surface area contributed by atoms with Gasteiger partial charge in [-0.15, -0.1) is 11.8 Å². The van der Waals surface area contributed by atoms with Gasteiger partial charge in [-0.3, -0.25) is 9.59 Å². The number of nitrogens with one attached hydrogen (secondary N) is 1. The standard InChI is InChI=1S/C19H20N2O2S/c1-13(22)21-12-15-6-4-3-5-14(15)11-18(21)19(23)20-16-7-9-17(24-2)10-8-16/h3-10,18H,11-12H2,1-2H3,(H,20,23)/t18-/m0/s1. The van der Waals surface area contributed by atoms with E-state index in [0.29, 0.717) is 13.0 Å². The van der Waals surface area contributed by atoms with E-state index in [2.05, 4.69) is 5.32 Å². The van der Waals surface area contributed by atoms with Crippen LogP contribution in [0.1, 0.15) is 18.1 Å². The summed E-state index contributed by atoms with van der Waals surface area (Å²) in [5, 5.41) is 2.94. The molecule has 0 bridgehead atoms. The van der Waals surface area contributed by atoms with Gasteiger partial charge in [-0.05, 0) is 41.6 Å². The zero-order valence-electron chi connectivity index (χ0n) is 13.8. The number of amides is 2. The zero-order chi connectivity index (χ0) is 17.1. The number of carbonyl (C=O) groups excluding carboxylic acids is 2. The third-order valence-corrected chi connectivity index (χ3v) is 5.06. The van der Waals surface area contributed by atoms with E-state index in [-0.39, 0.29) is 11.8 Å². The van der Waals surface area contributed by atoms with Crippen molar-refractivity contribution in [2.75, 3.05) is 11.6 Å². The molecule has 24 heavy (non-hydrogen) atoms. The third-order valence-electron chi connectivity index (χ3n) is 4.31. The van der Waals surface area contributed by atoms with Crippen molar-refractivity contribution in [3.05, 3.63) is 59.7 Å². The van der Waals surface area contributed by atoms with Crippen molar-refractivity contribution < 1.29 is 9.59 Å². The average molecular weight is 340 g/mol. The summed E-state index contributed by atoms with van der Waals surface area (Å²) >= 11 is 1.66. The second kappa shape index (κ2) is 7.09. The SMILES string of the molecule is CSc1ccc(NC(=O)[C@@H]2Cc3ccccc3CN2C(C)=O)cc1. The fourth-order valence-electron chi connectivity index (χ4n) is 2.99. The minimum absolute atomic E-state index is 0.0811. The summed E-state index contributed by atoms with van der Waals surface area (Å²) in [6, 6.07) is 15.2. The molecule has 1 heterocycles. The molecule has 1 N–H and O–H groups in total. The summed E-state index contributed by atoms with van der Waals surface area (Å²) in [4.78, 5) is 27.5. The smallest absolute Gasteiger partial charge is 0.247 e. The van der Waals surface area contributed by atoms with Crippen molar-refractivity contribution in [2.24, 2.45) is 0 Å². The summed E-state index contributed by atoms with van der Waals surface area (Å²) in [6.07, 6.45) is 2.56.